The molecule has 0 aliphatic heterocycles. The van der Waals surface area contributed by atoms with Crippen molar-refractivity contribution in [2.24, 2.45) is 22.9 Å². The molecule has 0 aliphatic rings. The highest BCUT2D eigenvalue weighted by atomic mass is 35.5. The molecule has 0 radical (unpaired) electrons. The van der Waals surface area contributed by atoms with Crippen LogP contribution in [-0.2, 0) is 18.2 Å². The molecule has 10 N–H and O–H groups in total. The zero-order valence-corrected chi connectivity index (χ0v) is 34.1. The van der Waals surface area contributed by atoms with Gasteiger partial charge in [0, 0.05) is 13.1 Å². The van der Waals surface area contributed by atoms with E-state index in [4.69, 9.17) is 32.0 Å². The average Bonchev–Trinajstić information content (AvgIpc) is 2.92. The lowest BCUT2D eigenvalue weighted by molar-refractivity contribution is 0.236. The highest BCUT2D eigenvalue weighted by Gasteiger charge is 2.21. The lowest BCUT2D eigenvalue weighted by Gasteiger charge is -2.23. The summed E-state index contributed by atoms with van der Waals surface area (Å²) in [4.78, 5) is 24.5. The van der Waals surface area contributed by atoms with Crippen molar-refractivity contribution in [3.63, 3.8) is 0 Å². The van der Waals surface area contributed by atoms with Crippen molar-refractivity contribution in [3.05, 3.63) is 0 Å². The third-order valence-electron chi connectivity index (χ3n) is 6.74. The van der Waals surface area contributed by atoms with Crippen LogP contribution < -0.4 is 22.9 Å². The summed E-state index contributed by atoms with van der Waals surface area (Å²) in [6, 6.07) is 0. The van der Waals surface area contributed by atoms with E-state index < -0.39 is 15.2 Å². The second-order valence-electron chi connectivity index (χ2n) is 10.5. The number of rotatable bonds is 31. The molecule has 20 heteroatoms. The summed E-state index contributed by atoms with van der Waals surface area (Å²) >= 11 is 0. The van der Waals surface area contributed by atoms with Crippen molar-refractivity contribution in [1.29, 1.82) is 0 Å². The van der Waals surface area contributed by atoms with Crippen LogP contribution in [0, 0.1) is 0 Å². The standard InChI is InChI=1S/C26H62N6O6P2.6ClH/c27-13-9-17-31(18-10-14-28)21-25-39(33,34)37-23-7-5-3-1-2-4-6-8-24-38-40(35,36)26-22-32(19-11-15-29)20-12-16-30;;;;;;/h1-30H2,(H,33,34)(H,35,36);6*1H. The van der Waals surface area contributed by atoms with E-state index >= 15 is 0 Å². The number of hydrogen-bond donors (Lipinski definition) is 6. The molecular weight excluding hydrogens is 767 g/mol. The van der Waals surface area contributed by atoms with Gasteiger partial charge in [-0.05, 0) is 90.9 Å². The van der Waals surface area contributed by atoms with Crippen molar-refractivity contribution in [2.45, 2.75) is 77.0 Å². The number of nitrogens with zero attached hydrogens (tertiary/aromatic N) is 2. The Bertz CT molecular complexity index is 623. The first kappa shape index (κ1) is 62.9. The average molecular weight is 836 g/mol. The Hall–Kier alpha value is 1.80. The van der Waals surface area contributed by atoms with Gasteiger partial charge in [0.25, 0.3) is 0 Å². The van der Waals surface area contributed by atoms with Crippen LogP contribution in [-0.4, -0.2) is 111 Å². The van der Waals surface area contributed by atoms with E-state index in [2.05, 4.69) is 9.80 Å². The van der Waals surface area contributed by atoms with Gasteiger partial charge in [0.05, 0.1) is 25.5 Å². The number of hydrogen-bond acceptors (Lipinski definition) is 10. The van der Waals surface area contributed by atoms with Crippen molar-refractivity contribution < 1.29 is 28.0 Å². The summed E-state index contributed by atoms with van der Waals surface area (Å²) < 4.78 is 35.3. The topological polar surface area (TPSA) is 204 Å². The highest BCUT2D eigenvalue weighted by Crippen LogP contribution is 2.42. The van der Waals surface area contributed by atoms with Crippen LogP contribution in [0.2, 0.25) is 0 Å². The molecule has 2 unspecified atom stereocenters. The molecule has 0 saturated carbocycles. The molecule has 0 fully saturated rings. The van der Waals surface area contributed by atoms with Crippen LogP contribution >= 0.6 is 89.6 Å². The second kappa shape index (κ2) is 43.0. The molecule has 12 nitrogen and oxygen atoms in total. The van der Waals surface area contributed by atoms with Gasteiger partial charge in [-0.2, -0.15) is 0 Å². The van der Waals surface area contributed by atoms with Gasteiger partial charge < -0.3 is 51.6 Å². The number of halogens is 6. The van der Waals surface area contributed by atoms with Crippen molar-refractivity contribution in [2.75, 3.05) is 91.0 Å². The van der Waals surface area contributed by atoms with Gasteiger partial charge in [0.2, 0.25) is 0 Å². The molecule has 0 aromatic rings. The van der Waals surface area contributed by atoms with Gasteiger partial charge >= 0.3 is 15.2 Å². The molecule has 0 heterocycles. The van der Waals surface area contributed by atoms with E-state index in [0.29, 0.717) is 52.5 Å². The minimum atomic E-state index is -3.58. The van der Waals surface area contributed by atoms with E-state index in [9.17, 15) is 18.9 Å². The van der Waals surface area contributed by atoms with Crippen LogP contribution in [0.5, 0.6) is 0 Å². The third-order valence-corrected chi connectivity index (χ3v) is 9.44. The predicted molar refractivity (Wildman–Crippen MR) is 209 cm³/mol. The minimum absolute atomic E-state index is 0. The Kier molecular flexibility index (Phi) is 58.7. The summed E-state index contributed by atoms with van der Waals surface area (Å²) in [6.45, 7) is 7.22. The van der Waals surface area contributed by atoms with Crippen LogP contribution in [0.1, 0.15) is 77.0 Å². The molecule has 0 bridgehead atoms. The van der Waals surface area contributed by atoms with Crippen LogP contribution in [0.25, 0.3) is 0 Å². The van der Waals surface area contributed by atoms with Crippen LogP contribution in [0.4, 0.5) is 0 Å². The first-order valence-corrected chi connectivity index (χ1v) is 18.9. The first-order chi connectivity index (χ1) is 19.2. The maximum Gasteiger partial charge on any atom is 0.329 e. The van der Waals surface area contributed by atoms with E-state index in [0.717, 1.165) is 103 Å². The number of unbranched alkanes of at least 4 members (excludes halogenated alkanes) is 7. The van der Waals surface area contributed by atoms with Crippen molar-refractivity contribution in [3.8, 4) is 0 Å². The molecule has 0 aromatic heterocycles. The van der Waals surface area contributed by atoms with Crippen molar-refractivity contribution >= 4 is 89.6 Å². The molecule has 290 valence electrons. The molecule has 0 amide bonds. The second-order valence-corrected chi connectivity index (χ2v) is 14.4. The largest absolute Gasteiger partial charge is 0.330 e. The predicted octanol–water partition coefficient (Wildman–Crippen LogP) is 5.04. The highest BCUT2D eigenvalue weighted by molar-refractivity contribution is 7.53. The lowest BCUT2D eigenvalue weighted by Crippen LogP contribution is -2.31. The Labute approximate surface area is 316 Å². The van der Waals surface area contributed by atoms with Crippen LogP contribution in [0.15, 0.2) is 0 Å². The smallest absolute Gasteiger partial charge is 0.329 e. The molecule has 0 aromatic carbocycles. The summed E-state index contributed by atoms with van der Waals surface area (Å²) in [6.07, 6.45) is 11.4. The molecule has 0 aliphatic carbocycles. The molecule has 46 heavy (non-hydrogen) atoms. The molecule has 0 saturated heterocycles. The lowest BCUT2D eigenvalue weighted by atomic mass is 10.1. The fraction of sp³-hybridized carbons (Fsp3) is 1.00. The maximum absolute atomic E-state index is 12.3. The quantitative estimate of drug-likeness (QED) is 0.0402. The summed E-state index contributed by atoms with van der Waals surface area (Å²) in [5, 5.41) is 0. The van der Waals surface area contributed by atoms with Gasteiger partial charge in [0.1, 0.15) is 0 Å². The summed E-state index contributed by atoms with van der Waals surface area (Å²) in [5.41, 5.74) is 22.3. The zero-order valence-electron chi connectivity index (χ0n) is 27.5. The van der Waals surface area contributed by atoms with Gasteiger partial charge in [-0.15, -0.1) is 74.4 Å². The van der Waals surface area contributed by atoms with E-state index in [1.165, 1.54) is 0 Å². The summed E-state index contributed by atoms with van der Waals surface area (Å²) in [5.74, 6) is 0. The van der Waals surface area contributed by atoms with Crippen LogP contribution in [0.3, 0.4) is 0 Å². The zero-order chi connectivity index (χ0) is 30.0. The van der Waals surface area contributed by atoms with E-state index in [1.54, 1.807) is 0 Å². The number of nitrogens with two attached hydrogens (primary N) is 4. The maximum atomic E-state index is 12.3. The summed E-state index contributed by atoms with van der Waals surface area (Å²) in [7, 11) is -7.17. The van der Waals surface area contributed by atoms with E-state index in [1.807, 2.05) is 0 Å². The van der Waals surface area contributed by atoms with Gasteiger partial charge in [-0.1, -0.05) is 38.5 Å². The fourth-order valence-corrected chi connectivity index (χ4v) is 6.43. The minimum Gasteiger partial charge on any atom is -0.330 e. The Morgan fingerprint density at radius 2 is 0.652 bits per heavy atom. The molecule has 2 atom stereocenters. The van der Waals surface area contributed by atoms with E-state index in [-0.39, 0.29) is 86.8 Å². The molecular formula is C26H68Cl6N6O6P2. The normalized spacial score (nSPS) is 13.1. The Morgan fingerprint density at radius 3 is 0.891 bits per heavy atom. The SMILES string of the molecule is Cl.Cl.Cl.Cl.Cl.Cl.NCCCN(CCCN)CCP(=O)(O)OCCCCCCCCCCOP(=O)(O)CCN(CCCN)CCCN. The van der Waals surface area contributed by atoms with Crippen molar-refractivity contribution in [1.82, 2.24) is 9.80 Å². The van der Waals surface area contributed by atoms with Gasteiger partial charge in [0.15, 0.2) is 0 Å². The van der Waals surface area contributed by atoms with Gasteiger partial charge in [-0.3, -0.25) is 9.13 Å². The Balaban J connectivity index is -0.000000507. The first-order valence-electron chi connectivity index (χ1n) is 15.4. The molecule has 0 rings (SSSR count). The Morgan fingerprint density at radius 1 is 0.413 bits per heavy atom. The fourth-order valence-electron chi connectivity index (χ4n) is 4.27. The van der Waals surface area contributed by atoms with Gasteiger partial charge in [-0.25, -0.2) is 0 Å². The third kappa shape index (κ3) is 42.0. The monoisotopic (exact) mass is 832 g/mol. The molecule has 0 spiro atoms.